The second-order valence-electron chi connectivity index (χ2n) is 7.97. The van der Waals surface area contributed by atoms with Crippen LogP contribution in [0.2, 0.25) is 0 Å². The quantitative estimate of drug-likeness (QED) is 0.498. The van der Waals surface area contributed by atoms with Crippen molar-refractivity contribution in [2.75, 3.05) is 0 Å². The number of rotatable bonds is 6. The van der Waals surface area contributed by atoms with Crippen molar-refractivity contribution < 1.29 is 0 Å². The van der Waals surface area contributed by atoms with Gasteiger partial charge in [-0.3, -0.25) is 0 Å². The van der Waals surface area contributed by atoms with Crippen molar-refractivity contribution in [3.63, 3.8) is 0 Å². The van der Waals surface area contributed by atoms with Gasteiger partial charge in [-0.05, 0) is 61.3 Å². The SMILES string of the molecule is CCCCCCC1CCC2CC(c3ccccc3)CCC2C1. The summed E-state index contributed by atoms with van der Waals surface area (Å²) in [6.45, 7) is 2.32. The van der Waals surface area contributed by atoms with Gasteiger partial charge in [-0.1, -0.05) is 75.8 Å². The number of fused-ring (bicyclic) bond motifs is 1. The molecule has 0 aromatic heterocycles. The van der Waals surface area contributed by atoms with Crippen LogP contribution in [0.5, 0.6) is 0 Å². The lowest BCUT2D eigenvalue weighted by molar-refractivity contribution is 0.113. The van der Waals surface area contributed by atoms with Crippen LogP contribution in [-0.2, 0) is 0 Å². The van der Waals surface area contributed by atoms with Crippen LogP contribution in [-0.4, -0.2) is 0 Å². The molecule has 0 nitrogen and oxygen atoms in total. The molecule has 0 spiro atoms. The van der Waals surface area contributed by atoms with Crippen molar-refractivity contribution in [3.8, 4) is 0 Å². The van der Waals surface area contributed by atoms with Crippen molar-refractivity contribution in [2.45, 2.75) is 83.5 Å². The van der Waals surface area contributed by atoms with Gasteiger partial charge in [0.05, 0.1) is 0 Å². The maximum atomic E-state index is 2.35. The molecule has 0 N–H and O–H groups in total. The topological polar surface area (TPSA) is 0 Å². The van der Waals surface area contributed by atoms with E-state index in [2.05, 4.69) is 37.3 Å². The van der Waals surface area contributed by atoms with Crippen molar-refractivity contribution >= 4 is 0 Å². The molecule has 122 valence electrons. The fourth-order valence-corrected chi connectivity index (χ4v) is 5.14. The number of unbranched alkanes of at least 4 members (excludes halogenated alkanes) is 3. The molecule has 0 bridgehead atoms. The van der Waals surface area contributed by atoms with Crippen molar-refractivity contribution in [1.82, 2.24) is 0 Å². The van der Waals surface area contributed by atoms with Crippen LogP contribution in [0.1, 0.15) is 89.0 Å². The first-order valence-corrected chi connectivity index (χ1v) is 9.91. The summed E-state index contributed by atoms with van der Waals surface area (Å²) in [7, 11) is 0. The molecule has 22 heavy (non-hydrogen) atoms. The molecule has 0 saturated heterocycles. The summed E-state index contributed by atoms with van der Waals surface area (Å²) < 4.78 is 0. The first kappa shape index (κ1) is 16.1. The Balaban J connectivity index is 1.46. The highest BCUT2D eigenvalue weighted by molar-refractivity contribution is 5.20. The van der Waals surface area contributed by atoms with Crippen LogP contribution in [0.4, 0.5) is 0 Å². The molecule has 2 aliphatic rings. The molecule has 0 amide bonds. The molecule has 4 unspecified atom stereocenters. The lowest BCUT2D eigenvalue weighted by atomic mass is 9.63. The van der Waals surface area contributed by atoms with Crippen LogP contribution >= 0.6 is 0 Å². The Hall–Kier alpha value is -0.780. The number of hydrogen-bond acceptors (Lipinski definition) is 0. The monoisotopic (exact) mass is 298 g/mol. The largest absolute Gasteiger partial charge is 0.0654 e. The van der Waals surface area contributed by atoms with E-state index in [0.29, 0.717) is 0 Å². The normalized spacial score (nSPS) is 31.7. The summed E-state index contributed by atoms with van der Waals surface area (Å²) in [5, 5.41) is 0. The third kappa shape index (κ3) is 4.15. The molecule has 2 fully saturated rings. The first-order chi connectivity index (χ1) is 10.9. The van der Waals surface area contributed by atoms with E-state index in [1.165, 1.54) is 64.2 Å². The van der Waals surface area contributed by atoms with Crippen LogP contribution in [0, 0.1) is 17.8 Å². The third-order valence-corrected chi connectivity index (χ3v) is 6.46. The molecule has 0 heteroatoms. The molecule has 2 aliphatic carbocycles. The van der Waals surface area contributed by atoms with Crippen LogP contribution < -0.4 is 0 Å². The Morgan fingerprint density at radius 2 is 1.59 bits per heavy atom. The van der Waals surface area contributed by atoms with Gasteiger partial charge in [0.25, 0.3) is 0 Å². The average Bonchev–Trinajstić information content (AvgIpc) is 2.59. The minimum atomic E-state index is 0.851. The molecule has 3 rings (SSSR count). The van der Waals surface area contributed by atoms with Gasteiger partial charge in [-0.25, -0.2) is 0 Å². The molecule has 0 aliphatic heterocycles. The van der Waals surface area contributed by atoms with E-state index >= 15 is 0 Å². The Kier molecular flexibility index (Phi) is 5.98. The Labute approximate surface area is 137 Å². The fraction of sp³-hybridized carbons (Fsp3) is 0.727. The summed E-state index contributed by atoms with van der Waals surface area (Å²) in [5.74, 6) is 4.01. The van der Waals surface area contributed by atoms with Gasteiger partial charge in [-0.2, -0.15) is 0 Å². The van der Waals surface area contributed by atoms with E-state index < -0.39 is 0 Å². The van der Waals surface area contributed by atoms with Gasteiger partial charge >= 0.3 is 0 Å². The third-order valence-electron chi connectivity index (χ3n) is 6.46. The standard InChI is InChI=1S/C22H34/c1-2-3-4-6-9-18-12-13-22-17-21(15-14-20(22)16-18)19-10-7-5-8-11-19/h5,7-8,10-11,18,20-22H,2-4,6,9,12-17H2,1H3. The summed E-state index contributed by atoms with van der Waals surface area (Å²) in [6, 6.07) is 11.3. The van der Waals surface area contributed by atoms with Crippen molar-refractivity contribution in [3.05, 3.63) is 35.9 Å². The predicted molar refractivity (Wildman–Crippen MR) is 96.1 cm³/mol. The van der Waals surface area contributed by atoms with Crippen LogP contribution in [0.15, 0.2) is 30.3 Å². The Bertz CT molecular complexity index is 421. The first-order valence-electron chi connectivity index (χ1n) is 9.91. The molecule has 0 radical (unpaired) electrons. The highest BCUT2D eigenvalue weighted by Gasteiger charge is 2.35. The zero-order valence-corrected chi connectivity index (χ0v) is 14.5. The number of hydrogen-bond donors (Lipinski definition) is 0. The second kappa shape index (κ2) is 8.18. The molecule has 2 saturated carbocycles. The van der Waals surface area contributed by atoms with Gasteiger partial charge in [0.15, 0.2) is 0 Å². The summed E-state index contributed by atoms with van der Waals surface area (Å²) in [4.78, 5) is 0. The molecule has 4 atom stereocenters. The highest BCUT2D eigenvalue weighted by Crippen LogP contribution is 2.48. The van der Waals surface area contributed by atoms with Gasteiger partial charge in [0, 0.05) is 0 Å². The summed E-state index contributed by atoms with van der Waals surface area (Å²) in [5.41, 5.74) is 1.60. The maximum absolute atomic E-state index is 2.35. The van der Waals surface area contributed by atoms with Crippen molar-refractivity contribution in [1.29, 1.82) is 0 Å². The Morgan fingerprint density at radius 1 is 0.818 bits per heavy atom. The predicted octanol–water partition coefficient (Wildman–Crippen LogP) is 6.96. The van der Waals surface area contributed by atoms with Crippen molar-refractivity contribution in [2.24, 2.45) is 17.8 Å². The lowest BCUT2D eigenvalue weighted by Crippen LogP contribution is -2.30. The van der Waals surface area contributed by atoms with E-state index in [-0.39, 0.29) is 0 Å². The van der Waals surface area contributed by atoms with Crippen LogP contribution in [0.25, 0.3) is 0 Å². The minimum absolute atomic E-state index is 0.851. The van der Waals surface area contributed by atoms with Crippen LogP contribution in [0.3, 0.4) is 0 Å². The zero-order valence-electron chi connectivity index (χ0n) is 14.5. The maximum Gasteiger partial charge on any atom is -0.0159 e. The molecular weight excluding hydrogens is 264 g/mol. The van der Waals surface area contributed by atoms with Gasteiger partial charge in [0.2, 0.25) is 0 Å². The molecule has 1 aromatic rings. The van der Waals surface area contributed by atoms with E-state index in [9.17, 15) is 0 Å². The Morgan fingerprint density at radius 3 is 2.41 bits per heavy atom. The summed E-state index contributed by atoms with van der Waals surface area (Å²) in [6.07, 6.45) is 16.3. The lowest BCUT2D eigenvalue weighted by Gasteiger charge is -2.42. The highest BCUT2D eigenvalue weighted by atomic mass is 14.4. The zero-order chi connectivity index (χ0) is 15.2. The van der Waals surface area contributed by atoms with Gasteiger partial charge < -0.3 is 0 Å². The van der Waals surface area contributed by atoms with E-state index in [1.54, 1.807) is 12.0 Å². The van der Waals surface area contributed by atoms with Gasteiger partial charge in [-0.15, -0.1) is 0 Å². The summed E-state index contributed by atoms with van der Waals surface area (Å²) >= 11 is 0. The van der Waals surface area contributed by atoms with E-state index in [4.69, 9.17) is 0 Å². The number of benzene rings is 1. The second-order valence-corrected chi connectivity index (χ2v) is 7.97. The van der Waals surface area contributed by atoms with E-state index in [1.807, 2.05) is 0 Å². The average molecular weight is 299 g/mol. The smallest absolute Gasteiger partial charge is 0.0159 e. The van der Waals surface area contributed by atoms with E-state index in [0.717, 1.165) is 23.7 Å². The minimum Gasteiger partial charge on any atom is -0.0654 e. The molecule has 0 heterocycles. The van der Waals surface area contributed by atoms with Gasteiger partial charge in [0.1, 0.15) is 0 Å². The molecule has 1 aromatic carbocycles. The fourth-order valence-electron chi connectivity index (χ4n) is 5.14. The molecular formula is C22H34.